The van der Waals surface area contributed by atoms with E-state index in [0.717, 1.165) is 24.3 Å². The maximum atomic E-state index is 12.5. The number of halogens is 3. The molecule has 0 radical (unpaired) electrons. The van der Waals surface area contributed by atoms with Gasteiger partial charge in [-0.05, 0) is 98.2 Å². The molecule has 0 bridgehead atoms. The largest absolute Gasteiger partial charge is 0.573 e. The van der Waals surface area contributed by atoms with E-state index >= 15 is 0 Å². The van der Waals surface area contributed by atoms with Crippen LogP contribution in [0, 0.1) is 30.6 Å². The molecule has 1 aliphatic carbocycles. The minimum Gasteiger partial charge on any atom is -0.478 e. The minimum atomic E-state index is -4.75. The number of aromatic carboxylic acids is 1. The fourth-order valence-corrected chi connectivity index (χ4v) is 5.32. The molecule has 0 spiro atoms. The molecule has 8 heteroatoms. The van der Waals surface area contributed by atoms with E-state index in [0.29, 0.717) is 41.4 Å². The molecule has 0 heterocycles. The van der Waals surface area contributed by atoms with E-state index in [1.165, 1.54) is 49.6 Å². The van der Waals surface area contributed by atoms with Gasteiger partial charge in [-0.15, -0.1) is 13.2 Å². The Kier molecular flexibility index (Phi) is 9.62. The first-order valence-electron chi connectivity index (χ1n) is 13.0. The highest BCUT2D eigenvalue weighted by Gasteiger charge is 2.31. The number of carboxylic acids is 1. The van der Waals surface area contributed by atoms with E-state index in [-0.39, 0.29) is 11.3 Å². The van der Waals surface area contributed by atoms with Crippen LogP contribution in [0.2, 0.25) is 0 Å². The molecule has 3 atom stereocenters. The second-order valence-corrected chi connectivity index (χ2v) is 10.5. The van der Waals surface area contributed by atoms with Crippen molar-refractivity contribution >= 4 is 23.2 Å². The molecule has 1 saturated carbocycles. The molecule has 1 aliphatic rings. The Hall–Kier alpha value is -3.03. The first kappa shape index (κ1) is 28.5. The molecule has 2 aromatic rings. The third kappa shape index (κ3) is 8.79. The van der Waals surface area contributed by atoms with Crippen LogP contribution in [0.15, 0.2) is 47.5 Å². The number of aryl methyl sites for hydroxylation is 1. The molecule has 0 saturated heterocycles. The van der Waals surface area contributed by atoms with Gasteiger partial charge in [0.1, 0.15) is 11.6 Å². The Morgan fingerprint density at radius 2 is 1.86 bits per heavy atom. The number of aliphatic imine (C=N–C) groups is 1. The van der Waals surface area contributed by atoms with Crippen LogP contribution < -0.4 is 10.1 Å². The van der Waals surface area contributed by atoms with Gasteiger partial charge in [-0.25, -0.2) is 9.79 Å². The number of nitrogens with one attached hydrogen (secondary N) is 1. The fourth-order valence-electron chi connectivity index (χ4n) is 5.32. The van der Waals surface area contributed by atoms with E-state index in [1.54, 1.807) is 12.1 Å². The number of carbonyl (C=O) groups is 1. The quantitative estimate of drug-likeness (QED) is 0.257. The average Bonchev–Trinajstić information content (AvgIpc) is 2.80. The normalized spacial score (nSPS) is 20.6. The van der Waals surface area contributed by atoms with E-state index in [1.807, 2.05) is 6.92 Å². The summed E-state index contributed by atoms with van der Waals surface area (Å²) < 4.78 is 41.5. The highest BCUT2D eigenvalue weighted by Crippen LogP contribution is 2.40. The van der Waals surface area contributed by atoms with Gasteiger partial charge in [0, 0.05) is 12.1 Å². The van der Waals surface area contributed by atoms with Gasteiger partial charge in [0.15, 0.2) is 0 Å². The van der Waals surface area contributed by atoms with Gasteiger partial charge in [0.2, 0.25) is 0 Å². The topological polar surface area (TPSA) is 70.9 Å². The van der Waals surface area contributed by atoms with Gasteiger partial charge in [-0.1, -0.05) is 33.3 Å². The molecule has 2 N–H and O–H groups in total. The van der Waals surface area contributed by atoms with Gasteiger partial charge in [0.05, 0.1) is 11.3 Å². The molecule has 202 valence electrons. The lowest BCUT2D eigenvalue weighted by molar-refractivity contribution is -0.274. The molecule has 5 nitrogen and oxygen atoms in total. The van der Waals surface area contributed by atoms with Crippen molar-refractivity contribution in [2.45, 2.75) is 72.6 Å². The van der Waals surface area contributed by atoms with E-state index < -0.39 is 12.3 Å². The summed E-state index contributed by atoms with van der Waals surface area (Å²) in [5, 5.41) is 12.6. The van der Waals surface area contributed by atoms with Crippen LogP contribution in [-0.4, -0.2) is 23.3 Å². The third-order valence-electron chi connectivity index (χ3n) is 7.24. The summed E-state index contributed by atoms with van der Waals surface area (Å²) in [5.41, 5.74) is 2.10. The number of rotatable bonds is 9. The van der Waals surface area contributed by atoms with Gasteiger partial charge >= 0.3 is 12.3 Å². The molecular weight excluding hydrogens is 481 g/mol. The number of nitrogens with zero attached hydrogens (tertiary/aromatic N) is 1. The number of benzene rings is 2. The summed E-state index contributed by atoms with van der Waals surface area (Å²) in [6.45, 7) is 8.78. The molecule has 3 rings (SSSR count). The number of alkyl halides is 3. The maximum Gasteiger partial charge on any atom is 0.573 e. The summed E-state index contributed by atoms with van der Waals surface area (Å²) in [7, 11) is 0. The van der Waals surface area contributed by atoms with Crippen molar-refractivity contribution in [3.05, 3.63) is 53.6 Å². The molecular formula is C29H37F3N2O3. The van der Waals surface area contributed by atoms with Crippen molar-refractivity contribution in [3.8, 4) is 5.75 Å². The Labute approximate surface area is 217 Å². The standard InChI is InChI=1S/C29H37F3N2O3/c1-18(2)25-15-8-19(3)16-21(25)6-5-7-27(34-26-17-22(28(35)36)10-9-20(26)4)33-23-11-13-24(14-12-23)37-29(30,31)32/h9-14,17-19,21,25H,5-8,15-16H2,1-4H3,(H,33,34)(H,35,36)/t19-,21?,25+/m1/s1. The zero-order valence-electron chi connectivity index (χ0n) is 21.9. The summed E-state index contributed by atoms with van der Waals surface area (Å²) in [6.07, 6.45) is 1.62. The van der Waals surface area contributed by atoms with Crippen LogP contribution in [0.5, 0.6) is 5.75 Å². The molecule has 0 aromatic heterocycles. The fraction of sp³-hybridized carbons (Fsp3) is 0.517. The van der Waals surface area contributed by atoms with Crippen LogP contribution in [0.1, 0.15) is 75.2 Å². The van der Waals surface area contributed by atoms with Crippen LogP contribution in [0.4, 0.5) is 24.5 Å². The summed E-state index contributed by atoms with van der Waals surface area (Å²) >= 11 is 0. The first-order valence-corrected chi connectivity index (χ1v) is 13.0. The number of amidine groups is 1. The second kappa shape index (κ2) is 12.5. The van der Waals surface area contributed by atoms with Gasteiger partial charge in [0.25, 0.3) is 0 Å². The van der Waals surface area contributed by atoms with Crippen LogP contribution >= 0.6 is 0 Å². The minimum absolute atomic E-state index is 0.147. The Bertz CT molecular complexity index is 1080. The van der Waals surface area contributed by atoms with E-state index in [4.69, 9.17) is 4.99 Å². The van der Waals surface area contributed by atoms with E-state index in [2.05, 4.69) is 30.8 Å². The van der Waals surface area contributed by atoms with Crippen molar-refractivity contribution in [1.82, 2.24) is 0 Å². The van der Waals surface area contributed by atoms with Crippen molar-refractivity contribution in [1.29, 1.82) is 0 Å². The third-order valence-corrected chi connectivity index (χ3v) is 7.24. The number of hydrogen-bond acceptors (Lipinski definition) is 3. The maximum absolute atomic E-state index is 12.5. The van der Waals surface area contributed by atoms with Crippen LogP contribution in [0.25, 0.3) is 0 Å². The molecule has 0 amide bonds. The zero-order valence-corrected chi connectivity index (χ0v) is 21.9. The molecule has 37 heavy (non-hydrogen) atoms. The highest BCUT2D eigenvalue weighted by molar-refractivity contribution is 5.98. The average molecular weight is 519 g/mol. The number of ether oxygens (including phenoxy) is 1. The van der Waals surface area contributed by atoms with Crippen molar-refractivity contribution in [2.75, 3.05) is 5.32 Å². The number of anilines is 1. The smallest absolute Gasteiger partial charge is 0.478 e. The predicted octanol–water partition coefficient (Wildman–Crippen LogP) is 8.61. The first-order chi connectivity index (χ1) is 17.4. The summed E-state index contributed by atoms with van der Waals surface area (Å²) in [4.78, 5) is 16.2. The van der Waals surface area contributed by atoms with Gasteiger partial charge in [-0.3, -0.25) is 0 Å². The summed E-state index contributed by atoms with van der Waals surface area (Å²) in [5.74, 6) is 2.04. The number of carboxylic acid groups (broad SMARTS) is 1. The Morgan fingerprint density at radius 3 is 2.49 bits per heavy atom. The monoisotopic (exact) mass is 518 g/mol. The predicted molar refractivity (Wildman–Crippen MR) is 141 cm³/mol. The van der Waals surface area contributed by atoms with Gasteiger partial charge in [-0.2, -0.15) is 0 Å². The zero-order chi connectivity index (χ0) is 27.2. The van der Waals surface area contributed by atoms with Crippen LogP contribution in [-0.2, 0) is 0 Å². The molecule has 2 aromatic carbocycles. The molecule has 1 fully saturated rings. The lowest BCUT2D eigenvalue weighted by atomic mass is 9.68. The lowest BCUT2D eigenvalue weighted by Crippen LogP contribution is -2.27. The lowest BCUT2D eigenvalue weighted by Gasteiger charge is -2.37. The Balaban J connectivity index is 1.80. The van der Waals surface area contributed by atoms with Crippen molar-refractivity contribution < 1.29 is 27.8 Å². The van der Waals surface area contributed by atoms with Gasteiger partial charge < -0.3 is 15.2 Å². The Morgan fingerprint density at radius 1 is 1.16 bits per heavy atom. The molecule has 0 aliphatic heterocycles. The number of hydrogen-bond donors (Lipinski definition) is 2. The van der Waals surface area contributed by atoms with Crippen LogP contribution in [0.3, 0.4) is 0 Å². The summed E-state index contributed by atoms with van der Waals surface area (Å²) in [6, 6.07) is 10.3. The molecule has 1 unspecified atom stereocenters. The van der Waals surface area contributed by atoms with Crippen molar-refractivity contribution in [2.24, 2.45) is 28.7 Å². The van der Waals surface area contributed by atoms with E-state index in [9.17, 15) is 23.1 Å². The highest BCUT2D eigenvalue weighted by atomic mass is 19.4. The second-order valence-electron chi connectivity index (χ2n) is 10.5. The van der Waals surface area contributed by atoms with Crippen molar-refractivity contribution in [3.63, 3.8) is 0 Å². The SMILES string of the molecule is Cc1ccc(C(=O)O)cc1N=C(CCCC1C[C@H](C)CC[C@H]1C(C)C)Nc1ccc(OC(F)(F)F)cc1.